The third-order valence-electron chi connectivity index (χ3n) is 2.15. The average Bonchev–Trinajstić information content (AvgIpc) is 2.30. The van der Waals surface area contributed by atoms with Gasteiger partial charge >= 0.3 is 0 Å². The average molecular weight is 218 g/mol. The van der Waals surface area contributed by atoms with E-state index in [0.29, 0.717) is 12.5 Å². The van der Waals surface area contributed by atoms with Crippen LogP contribution in [0.4, 0.5) is 10.3 Å². The lowest BCUT2D eigenvalue weighted by Gasteiger charge is -2.05. The number of anilines is 1. The standard InChI is InChI=1S/C11H11FN4/c1-8-3-2-4-13-10(8)7-16-11-14-5-9(12)6-15-11/h2-6H,7H2,1H3,(H,14,15,16). The molecule has 2 rings (SSSR count). The molecule has 2 heterocycles. The highest BCUT2D eigenvalue weighted by Gasteiger charge is 2.00. The summed E-state index contributed by atoms with van der Waals surface area (Å²) in [5.74, 6) is -0.0500. The van der Waals surface area contributed by atoms with Crippen molar-refractivity contribution >= 4 is 5.95 Å². The number of rotatable bonds is 3. The van der Waals surface area contributed by atoms with E-state index in [0.717, 1.165) is 23.7 Å². The summed E-state index contributed by atoms with van der Waals surface area (Å²) < 4.78 is 12.5. The molecule has 0 atom stereocenters. The minimum absolute atomic E-state index is 0.395. The summed E-state index contributed by atoms with van der Waals surface area (Å²) in [5.41, 5.74) is 2.02. The molecule has 0 saturated heterocycles. The van der Waals surface area contributed by atoms with Crippen molar-refractivity contribution in [1.29, 1.82) is 0 Å². The Morgan fingerprint density at radius 2 is 2.00 bits per heavy atom. The fourth-order valence-corrected chi connectivity index (χ4v) is 1.27. The zero-order chi connectivity index (χ0) is 11.4. The van der Waals surface area contributed by atoms with Gasteiger partial charge in [0.1, 0.15) is 0 Å². The van der Waals surface area contributed by atoms with Crippen LogP contribution in [0.1, 0.15) is 11.3 Å². The van der Waals surface area contributed by atoms with Crippen molar-refractivity contribution in [1.82, 2.24) is 15.0 Å². The van der Waals surface area contributed by atoms with E-state index < -0.39 is 5.82 Å². The number of aromatic nitrogens is 3. The Labute approximate surface area is 92.6 Å². The van der Waals surface area contributed by atoms with Crippen LogP contribution >= 0.6 is 0 Å². The molecule has 82 valence electrons. The first-order valence-electron chi connectivity index (χ1n) is 4.87. The lowest BCUT2D eigenvalue weighted by molar-refractivity contribution is 0.614. The van der Waals surface area contributed by atoms with E-state index in [2.05, 4.69) is 20.3 Å². The van der Waals surface area contributed by atoms with Gasteiger partial charge in [0.15, 0.2) is 5.82 Å². The second-order valence-corrected chi connectivity index (χ2v) is 3.35. The molecule has 0 aromatic carbocycles. The van der Waals surface area contributed by atoms with Crippen molar-refractivity contribution in [2.45, 2.75) is 13.5 Å². The van der Waals surface area contributed by atoms with Crippen molar-refractivity contribution in [3.63, 3.8) is 0 Å². The zero-order valence-electron chi connectivity index (χ0n) is 8.81. The number of halogens is 1. The molecule has 0 aliphatic carbocycles. The van der Waals surface area contributed by atoms with Crippen molar-refractivity contribution in [3.05, 3.63) is 47.8 Å². The molecule has 5 heteroatoms. The lowest BCUT2D eigenvalue weighted by atomic mass is 10.2. The summed E-state index contributed by atoms with van der Waals surface area (Å²) in [5, 5.41) is 2.98. The van der Waals surface area contributed by atoms with Crippen LogP contribution in [0.5, 0.6) is 0 Å². The fourth-order valence-electron chi connectivity index (χ4n) is 1.27. The summed E-state index contributed by atoms with van der Waals surface area (Å²) in [7, 11) is 0. The van der Waals surface area contributed by atoms with E-state index >= 15 is 0 Å². The number of hydrogen-bond donors (Lipinski definition) is 1. The van der Waals surface area contributed by atoms with Crippen LogP contribution in [-0.4, -0.2) is 15.0 Å². The molecular weight excluding hydrogens is 207 g/mol. The first kappa shape index (κ1) is 10.5. The molecule has 0 aliphatic heterocycles. The van der Waals surface area contributed by atoms with E-state index in [1.54, 1.807) is 6.20 Å². The van der Waals surface area contributed by atoms with Gasteiger partial charge in [-0.2, -0.15) is 0 Å². The molecule has 16 heavy (non-hydrogen) atoms. The van der Waals surface area contributed by atoms with E-state index in [-0.39, 0.29) is 0 Å². The van der Waals surface area contributed by atoms with Gasteiger partial charge < -0.3 is 5.32 Å². The molecule has 0 bridgehead atoms. The number of aryl methyl sites for hydroxylation is 1. The minimum Gasteiger partial charge on any atom is -0.349 e. The first-order chi connectivity index (χ1) is 7.75. The SMILES string of the molecule is Cc1cccnc1CNc1ncc(F)cn1. The topological polar surface area (TPSA) is 50.7 Å². The van der Waals surface area contributed by atoms with Crippen LogP contribution in [0.15, 0.2) is 30.7 Å². The maximum atomic E-state index is 12.5. The number of hydrogen-bond acceptors (Lipinski definition) is 4. The Morgan fingerprint density at radius 1 is 1.25 bits per heavy atom. The summed E-state index contributed by atoms with van der Waals surface area (Å²) in [6.45, 7) is 2.51. The van der Waals surface area contributed by atoms with Gasteiger partial charge in [0.25, 0.3) is 0 Å². The monoisotopic (exact) mass is 218 g/mol. The van der Waals surface area contributed by atoms with Crippen LogP contribution < -0.4 is 5.32 Å². The second-order valence-electron chi connectivity index (χ2n) is 3.35. The van der Waals surface area contributed by atoms with Crippen LogP contribution in [0, 0.1) is 12.7 Å². The number of pyridine rings is 1. The molecule has 1 N–H and O–H groups in total. The van der Waals surface area contributed by atoms with E-state index in [1.807, 2.05) is 19.1 Å². The smallest absolute Gasteiger partial charge is 0.223 e. The Hall–Kier alpha value is -2.04. The van der Waals surface area contributed by atoms with Gasteiger partial charge in [-0.3, -0.25) is 4.98 Å². The Morgan fingerprint density at radius 3 is 2.69 bits per heavy atom. The number of nitrogens with zero attached hydrogens (tertiary/aromatic N) is 3. The molecule has 4 nitrogen and oxygen atoms in total. The number of nitrogens with one attached hydrogen (secondary N) is 1. The maximum Gasteiger partial charge on any atom is 0.223 e. The van der Waals surface area contributed by atoms with Crippen LogP contribution in [0.25, 0.3) is 0 Å². The van der Waals surface area contributed by atoms with Gasteiger partial charge in [-0.25, -0.2) is 14.4 Å². The predicted octanol–water partition coefficient (Wildman–Crippen LogP) is 1.93. The molecular formula is C11H11FN4. The van der Waals surface area contributed by atoms with Crippen LogP contribution in [-0.2, 0) is 6.54 Å². The minimum atomic E-state index is -0.445. The highest BCUT2D eigenvalue weighted by Crippen LogP contribution is 2.05. The molecule has 2 aromatic heterocycles. The van der Waals surface area contributed by atoms with Gasteiger partial charge in [-0.05, 0) is 18.6 Å². The van der Waals surface area contributed by atoms with Crippen molar-refractivity contribution in [3.8, 4) is 0 Å². The van der Waals surface area contributed by atoms with Crippen molar-refractivity contribution < 1.29 is 4.39 Å². The highest BCUT2D eigenvalue weighted by molar-refractivity contribution is 5.27. The quantitative estimate of drug-likeness (QED) is 0.855. The summed E-state index contributed by atoms with van der Waals surface area (Å²) >= 11 is 0. The van der Waals surface area contributed by atoms with Gasteiger partial charge in [0.2, 0.25) is 5.95 Å². The summed E-state index contributed by atoms with van der Waals surface area (Å²) in [6, 6.07) is 3.86. The third-order valence-corrected chi connectivity index (χ3v) is 2.15. The molecule has 0 radical (unpaired) electrons. The first-order valence-corrected chi connectivity index (χ1v) is 4.87. The van der Waals surface area contributed by atoms with Crippen molar-refractivity contribution in [2.24, 2.45) is 0 Å². The normalized spacial score (nSPS) is 10.1. The van der Waals surface area contributed by atoms with Gasteiger partial charge in [-0.1, -0.05) is 6.07 Å². The van der Waals surface area contributed by atoms with Crippen LogP contribution in [0.3, 0.4) is 0 Å². The molecule has 0 aliphatic rings. The Kier molecular flexibility index (Phi) is 3.05. The second kappa shape index (κ2) is 4.65. The molecule has 0 spiro atoms. The van der Waals surface area contributed by atoms with Gasteiger partial charge in [-0.15, -0.1) is 0 Å². The van der Waals surface area contributed by atoms with E-state index in [1.165, 1.54) is 0 Å². The fraction of sp³-hybridized carbons (Fsp3) is 0.182. The van der Waals surface area contributed by atoms with Crippen LogP contribution in [0.2, 0.25) is 0 Å². The third kappa shape index (κ3) is 2.50. The Balaban J connectivity index is 2.02. The zero-order valence-corrected chi connectivity index (χ0v) is 8.81. The maximum absolute atomic E-state index is 12.5. The molecule has 0 amide bonds. The van der Waals surface area contributed by atoms with Gasteiger partial charge in [0, 0.05) is 6.20 Å². The predicted molar refractivity (Wildman–Crippen MR) is 58.3 cm³/mol. The summed E-state index contributed by atoms with van der Waals surface area (Å²) in [6.07, 6.45) is 3.98. The van der Waals surface area contributed by atoms with E-state index in [9.17, 15) is 4.39 Å². The molecule has 2 aromatic rings. The Bertz CT molecular complexity index is 470. The summed E-state index contributed by atoms with van der Waals surface area (Å²) in [4.78, 5) is 11.8. The van der Waals surface area contributed by atoms with Gasteiger partial charge in [0.05, 0.1) is 24.6 Å². The largest absolute Gasteiger partial charge is 0.349 e. The highest BCUT2D eigenvalue weighted by atomic mass is 19.1. The lowest BCUT2D eigenvalue weighted by Crippen LogP contribution is -2.06. The van der Waals surface area contributed by atoms with E-state index in [4.69, 9.17) is 0 Å². The van der Waals surface area contributed by atoms with Crippen molar-refractivity contribution in [2.75, 3.05) is 5.32 Å². The molecule has 0 saturated carbocycles. The molecule has 0 fully saturated rings. The molecule has 0 unspecified atom stereocenters.